The number of benzene rings is 1. The third kappa shape index (κ3) is 4.52. The Morgan fingerprint density at radius 3 is 2.20 bits per heavy atom. The van der Waals surface area contributed by atoms with E-state index in [2.05, 4.69) is 10.0 Å². The van der Waals surface area contributed by atoms with E-state index in [0.717, 1.165) is 51.4 Å². The van der Waals surface area contributed by atoms with Crippen LogP contribution >= 0.6 is 0 Å². The second kappa shape index (κ2) is 7.74. The largest absolute Gasteiger partial charge is 0.478 e. The molecule has 0 heterocycles. The Morgan fingerprint density at radius 2 is 1.56 bits per heavy atom. The average molecular weight is 366 g/mol. The number of aromatic carboxylic acids is 1. The van der Waals surface area contributed by atoms with Gasteiger partial charge < -0.3 is 10.4 Å². The Kier molecular flexibility index (Phi) is 5.64. The summed E-state index contributed by atoms with van der Waals surface area (Å²) in [7, 11) is -3.69. The van der Waals surface area contributed by atoms with Gasteiger partial charge in [-0.25, -0.2) is 17.9 Å². The van der Waals surface area contributed by atoms with Crippen molar-refractivity contribution in [3.05, 3.63) is 23.8 Å². The van der Waals surface area contributed by atoms with Crippen molar-refractivity contribution in [3.63, 3.8) is 0 Å². The fraction of sp³-hybridized carbons (Fsp3) is 0.611. The summed E-state index contributed by atoms with van der Waals surface area (Å²) in [6.45, 7) is 0. The highest BCUT2D eigenvalue weighted by Crippen LogP contribution is 2.27. The van der Waals surface area contributed by atoms with Gasteiger partial charge >= 0.3 is 5.97 Å². The molecule has 0 aromatic heterocycles. The molecule has 2 fully saturated rings. The quantitative estimate of drug-likeness (QED) is 0.717. The summed E-state index contributed by atoms with van der Waals surface area (Å²) in [5.74, 6) is -1.11. The van der Waals surface area contributed by atoms with Crippen molar-refractivity contribution in [2.24, 2.45) is 0 Å². The first-order chi connectivity index (χ1) is 12.0. The standard InChI is InChI=1S/C18H26N2O4S/c21-18(22)16-12-15(25(23,24)20-14-8-4-5-9-14)10-11-17(16)19-13-6-2-1-3-7-13/h10-14,19-20H,1-9H2,(H,21,22). The van der Waals surface area contributed by atoms with E-state index in [1.807, 2.05) is 0 Å². The van der Waals surface area contributed by atoms with Gasteiger partial charge in [-0.3, -0.25) is 0 Å². The summed E-state index contributed by atoms with van der Waals surface area (Å²) < 4.78 is 27.8. The third-order valence-electron chi connectivity index (χ3n) is 5.17. The van der Waals surface area contributed by atoms with E-state index in [4.69, 9.17) is 0 Å². The van der Waals surface area contributed by atoms with Gasteiger partial charge in [0.15, 0.2) is 0 Å². The van der Waals surface area contributed by atoms with Crippen molar-refractivity contribution in [2.45, 2.75) is 74.8 Å². The Hall–Kier alpha value is -1.60. The van der Waals surface area contributed by atoms with Crippen molar-refractivity contribution in [3.8, 4) is 0 Å². The zero-order chi connectivity index (χ0) is 17.9. The molecule has 2 aliphatic rings. The van der Waals surface area contributed by atoms with Crippen molar-refractivity contribution >= 4 is 21.7 Å². The SMILES string of the molecule is O=C(O)c1cc(S(=O)(=O)NC2CCCC2)ccc1NC1CCCCC1. The number of carbonyl (C=O) groups is 1. The van der Waals surface area contributed by atoms with Gasteiger partial charge in [0.1, 0.15) is 0 Å². The van der Waals surface area contributed by atoms with Crippen molar-refractivity contribution in [2.75, 3.05) is 5.32 Å². The molecule has 1 aromatic rings. The number of hydrogen-bond acceptors (Lipinski definition) is 4. The second-order valence-electron chi connectivity index (χ2n) is 7.09. The van der Waals surface area contributed by atoms with E-state index < -0.39 is 16.0 Å². The molecule has 7 heteroatoms. The maximum Gasteiger partial charge on any atom is 0.337 e. The van der Waals surface area contributed by atoms with Crippen molar-refractivity contribution in [1.29, 1.82) is 0 Å². The van der Waals surface area contributed by atoms with Crippen LogP contribution in [-0.4, -0.2) is 31.6 Å². The molecule has 25 heavy (non-hydrogen) atoms. The van der Waals surface area contributed by atoms with Crippen LogP contribution < -0.4 is 10.0 Å². The molecule has 1 aromatic carbocycles. The average Bonchev–Trinajstić information content (AvgIpc) is 3.08. The minimum absolute atomic E-state index is 0.0138. The minimum atomic E-state index is -3.69. The van der Waals surface area contributed by atoms with Gasteiger partial charge in [0.2, 0.25) is 10.0 Å². The smallest absolute Gasteiger partial charge is 0.337 e. The van der Waals surface area contributed by atoms with E-state index >= 15 is 0 Å². The van der Waals surface area contributed by atoms with Gasteiger partial charge in [-0.1, -0.05) is 32.1 Å². The van der Waals surface area contributed by atoms with Gasteiger partial charge in [-0.2, -0.15) is 0 Å². The summed E-state index contributed by atoms with van der Waals surface area (Å²) in [6.07, 6.45) is 9.25. The lowest BCUT2D eigenvalue weighted by molar-refractivity contribution is 0.0697. The van der Waals surface area contributed by atoms with Crippen LogP contribution in [0.4, 0.5) is 5.69 Å². The van der Waals surface area contributed by atoms with E-state index in [-0.39, 0.29) is 22.5 Å². The zero-order valence-corrected chi connectivity index (χ0v) is 15.1. The first kappa shape index (κ1) is 18.2. The molecule has 0 radical (unpaired) electrons. The molecule has 2 aliphatic carbocycles. The van der Waals surface area contributed by atoms with Crippen LogP contribution in [0.3, 0.4) is 0 Å². The fourth-order valence-electron chi connectivity index (χ4n) is 3.79. The Morgan fingerprint density at radius 1 is 0.960 bits per heavy atom. The lowest BCUT2D eigenvalue weighted by Crippen LogP contribution is -2.32. The molecule has 3 N–H and O–H groups in total. The molecular weight excluding hydrogens is 340 g/mol. The topological polar surface area (TPSA) is 95.5 Å². The molecule has 0 atom stereocenters. The van der Waals surface area contributed by atoms with Gasteiger partial charge in [0.05, 0.1) is 10.5 Å². The molecule has 0 aliphatic heterocycles. The maximum absolute atomic E-state index is 12.5. The third-order valence-corrected chi connectivity index (χ3v) is 6.69. The van der Waals surface area contributed by atoms with Crippen molar-refractivity contribution in [1.82, 2.24) is 4.72 Å². The summed E-state index contributed by atoms with van der Waals surface area (Å²) in [5, 5.41) is 12.8. The van der Waals surface area contributed by atoms with Crippen LogP contribution in [-0.2, 0) is 10.0 Å². The van der Waals surface area contributed by atoms with Gasteiger partial charge in [-0.15, -0.1) is 0 Å². The first-order valence-electron chi connectivity index (χ1n) is 9.12. The van der Waals surface area contributed by atoms with E-state index in [9.17, 15) is 18.3 Å². The molecule has 3 rings (SSSR count). The van der Waals surface area contributed by atoms with Crippen LogP contribution in [0.1, 0.15) is 68.1 Å². The number of hydrogen-bond donors (Lipinski definition) is 3. The fourth-order valence-corrected chi connectivity index (χ4v) is 5.12. The molecule has 0 saturated heterocycles. The van der Waals surface area contributed by atoms with E-state index in [1.165, 1.54) is 18.6 Å². The lowest BCUT2D eigenvalue weighted by atomic mass is 9.95. The normalized spacial score (nSPS) is 19.8. The highest BCUT2D eigenvalue weighted by molar-refractivity contribution is 7.89. The molecule has 0 spiro atoms. The minimum Gasteiger partial charge on any atom is -0.478 e. The predicted molar refractivity (Wildman–Crippen MR) is 96.5 cm³/mol. The van der Waals surface area contributed by atoms with Crippen LogP contribution in [0.5, 0.6) is 0 Å². The van der Waals surface area contributed by atoms with Crippen LogP contribution in [0, 0.1) is 0 Å². The molecule has 0 unspecified atom stereocenters. The van der Waals surface area contributed by atoms with Gasteiger partial charge in [0, 0.05) is 17.8 Å². The first-order valence-corrected chi connectivity index (χ1v) is 10.6. The number of rotatable bonds is 6. The highest BCUT2D eigenvalue weighted by atomic mass is 32.2. The summed E-state index contributed by atoms with van der Waals surface area (Å²) in [4.78, 5) is 11.7. The molecular formula is C18H26N2O4S. The maximum atomic E-state index is 12.5. The monoisotopic (exact) mass is 366 g/mol. The molecule has 6 nitrogen and oxygen atoms in total. The Balaban J connectivity index is 1.81. The zero-order valence-electron chi connectivity index (χ0n) is 14.3. The van der Waals surface area contributed by atoms with Gasteiger partial charge in [-0.05, 0) is 43.9 Å². The molecule has 138 valence electrons. The van der Waals surface area contributed by atoms with Crippen LogP contribution in [0.2, 0.25) is 0 Å². The number of anilines is 1. The predicted octanol–water partition coefficient (Wildman–Crippen LogP) is 3.35. The van der Waals surface area contributed by atoms with E-state index in [1.54, 1.807) is 6.07 Å². The summed E-state index contributed by atoms with van der Waals surface area (Å²) >= 11 is 0. The van der Waals surface area contributed by atoms with Gasteiger partial charge in [0.25, 0.3) is 0 Å². The highest BCUT2D eigenvalue weighted by Gasteiger charge is 2.25. The Bertz CT molecular complexity index is 721. The van der Waals surface area contributed by atoms with Crippen LogP contribution in [0.15, 0.2) is 23.1 Å². The van der Waals surface area contributed by atoms with Crippen LogP contribution in [0.25, 0.3) is 0 Å². The molecule has 0 bridgehead atoms. The molecule has 0 amide bonds. The Labute approximate surface area is 149 Å². The number of sulfonamides is 1. The second-order valence-corrected chi connectivity index (χ2v) is 8.81. The number of carboxylic acids is 1. The lowest BCUT2D eigenvalue weighted by Gasteiger charge is -2.25. The number of nitrogens with one attached hydrogen (secondary N) is 2. The number of carboxylic acid groups (broad SMARTS) is 1. The van der Waals surface area contributed by atoms with Crippen molar-refractivity contribution < 1.29 is 18.3 Å². The summed E-state index contributed by atoms with van der Waals surface area (Å²) in [6, 6.07) is 4.56. The summed E-state index contributed by atoms with van der Waals surface area (Å²) in [5.41, 5.74) is 0.513. The van der Waals surface area contributed by atoms with E-state index in [0.29, 0.717) is 5.69 Å². The molecule has 2 saturated carbocycles.